The maximum atomic E-state index is 12.4. The summed E-state index contributed by atoms with van der Waals surface area (Å²) >= 11 is 0. The van der Waals surface area contributed by atoms with E-state index in [-0.39, 0.29) is 17.7 Å². The molecule has 0 aromatic carbocycles. The van der Waals surface area contributed by atoms with E-state index in [1.54, 1.807) is 17.1 Å². The summed E-state index contributed by atoms with van der Waals surface area (Å²) < 4.78 is 1.76. The van der Waals surface area contributed by atoms with Gasteiger partial charge in [0.25, 0.3) is 0 Å². The molecule has 0 spiro atoms. The van der Waals surface area contributed by atoms with E-state index in [1.807, 2.05) is 12.1 Å². The number of rotatable bonds is 1. The van der Waals surface area contributed by atoms with Crippen molar-refractivity contribution in [2.75, 3.05) is 0 Å². The molecule has 3 heterocycles. The van der Waals surface area contributed by atoms with Crippen molar-refractivity contribution in [3.05, 3.63) is 36.4 Å². The summed E-state index contributed by atoms with van der Waals surface area (Å²) in [7, 11) is 0. The van der Waals surface area contributed by atoms with Gasteiger partial charge in [-0.2, -0.15) is 10.1 Å². The molecule has 2 aromatic rings. The third-order valence-electron chi connectivity index (χ3n) is 3.99. The molecule has 20 heavy (non-hydrogen) atoms. The minimum absolute atomic E-state index is 0.143. The van der Waals surface area contributed by atoms with E-state index in [2.05, 4.69) is 20.1 Å². The first-order valence-electron chi connectivity index (χ1n) is 6.74. The van der Waals surface area contributed by atoms with E-state index in [1.165, 1.54) is 6.33 Å². The number of carbonyl (C=O) groups is 1. The SMILES string of the molecule is O=C1CCCC2=Nc3ncnn3C(c3ccncc3)C12. The minimum Gasteiger partial charge on any atom is -0.299 e. The summed E-state index contributed by atoms with van der Waals surface area (Å²) in [6, 6.07) is 3.72. The maximum absolute atomic E-state index is 12.4. The summed E-state index contributed by atoms with van der Waals surface area (Å²) in [5, 5.41) is 4.27. The van der Waals surface area contributed by atoms with Crippen LogP contribution in [0.3, 0.4) is 0 Å². The average molecular weight is 267 g/mol. The van der Waals surface area contributed by atoms with Crippen molar-refractivity contribution < 1.29 is 4.79 Å². The van der Waals surface area contributed by atoms with Gasteiger partial charge in [0.2, 0.25) is 5.95 Å². The number of hydrogen-bond donors (Lipinski definition) is 0. The molecule has 2 aromatic heterocycles. The van der Waals surface area contributed by atoms with Crippen LogP contribution in [0.4, 0.5) is 5.95 Å². The number of aromatic nitrogens is 4. The zero-order chi connectivity index (χ0) is 13.5. The van der Waals surface area contributed by atoms with Gasteiger partial charge in [-0.1, -0.05) is 0 Å². The maximum Gasteiger partial charge on any atom is 0.248 e. The van der Waals surface area contributed by atoms with E-state index in [9.17, 15) is 4.79 Å². The number of Topliss-reactive ketones (excluding diaryl/α,β-unsaturated/α-hetero) is 1. The molecule has 1 aliphatic heterocycles. The summed E-state index contributed by atoms with van der Waals surface area (Å²) in [5.41, 5.74) is 1.97. The topological polar surface area (TPSA) is 73.0 Å². The Hall–Kier alpha value is -2.37. The van der Waals surface area contributed by atoms with Crippen LogP contribution in [-0.4, -0.2) is 31.2 Å². The Bertz CT molecular complexity index is 691. The predicted octanol–water partition coefficient (Wildman–Crippen LogP) is 1.72. The van der Waals surface area contributed by atoms with Gasteiger partial charge in [0.15, 0.2) is 0 Å². The smallest absolute Gasteiger partial charge is 0.248 e. The highest BCUT2D eigenvalue weighted by Gasteiger charge is 2.41. The number of ketones is 1. The number of nitrogens with zero attached hydrogens (tertiary/aromatic N) is 5. The molecular weight excluding hydrogens is 254 g/mol. The Kier molecular flexibility index (Phi) is 2.48. The van der Waals surface area contributed by atoms with E-state index >= 15 is 0 Å². The molecule has 1 aliphatic carbocycles. The molecule has 100 valence electrons. The van der Waals surface area contributed by atoms with E-state index in [0.717, 1.165) is 24.1 Å². The molecule has 0 radical (unpaired) electrons. The van der Waals surface area contributed by atoms with Crippen molar-refractivity contribution in [1.82, 2.24) is 19.7 Å². The zero-order valence-corrected chi connectivity index (χ0v) is 10.8. The molecule has 0 saturated heterocycles. The third-order valence-corrected chi connectivity index (χ3v) is 3.99. The molecule has 1 fully saturated rings. The van der Waals surface area contributed by atoms with Crippen molar-refractivity contribution in [2.45, 2.75) is 25.3 Å². The first kappa shape index (κ1) is 11.5. The summed E-state index contributed by atoms with van der Waals surface area (Å²) in [5.74, 6) is 0.631. The van der Waals surface area contributed by atoms with Gasteiger partial charge in [-0.05, 0) is 30.5 Å². The molecule has 6 nitrogen and oxygen atoms in total. The van der Waals surface area contributed by atoms with Crippen molar-refractivity contribution in [2.24, 2.45) is 10.9 Å². The number of aliphatic imine (C=N–C) groups is 1. The van der Waals surface area contributed by atoms with E-state index < -0.39 is 0 Å². The van der Waals surface area contributed by atoms with Crippen LogP contribution in [0.25, 0.3) is 0 Å². The standard InChI is InChI=1S/C14H13N5O/c20-11-3-1-2-10-12(11)13(9-4-6-15-7-5-9)19-14(18-10)16-8-17-19/h4-8,12-13H,1-3H2. The molecule has 6 heteroatoms. The second-order valence-electron chi connectivity index (χ2n) is 5.13. The Morgan fingerprint density at radius 2 is 2.05 bits per heavy atom. The van der Waals surface area contributed by atoms with Crippen molar-refractivity contribution in [1.29, 1.82) is 0 Å². The van der Waals surface area contributed by atoms with Crippen LogP contribution >= 0.6 is 0 Å². The number of fused-ring (bicyclic) bond motifs is 2. The van der Waals surface area contributed by atoms with Crippen LogP contribution in [0.2, 0.25) is 0 Å². The third kappa shape index (κ3) is 1.61. The van der Waals surface area contributed by atoms with Gasteiger partial charge in [0.1, 0.15) is 12.1 Å². The van der Waals surface area contributed by atoms with Crippen LogP contribution in [0.5, 0.6) is 0 Å². The van der Waals surface area contributed by atoms with Gasteiger partial charge in [-0.25, -0.2) is 9.67 Å². The van der Waals surface area contributed by atoms with E-state index in [4.69, 9.17) is 0 Å². The van der Waals surface area contributed by atoms with Gasteiger partial charge in [-0.3, -0.25) is 9.78 Å². The van der Waals surface area contributed by atoms with Crippen LogP contribution in [0.15, 0.2) is 35.8 Å². The number of hydrogen-bond acceptors (Lipinski definition) is 5. The van der Waals surface area contributed by atoms with Crippen LogP contribution in [0.1, 0.15) is 30.9 Å². The van der Waals surface area contributed by atoms with Crippen LogP contribution < -0.4 is 0 Å². The quantitative estimate of drug-likeness (QED) is 0.788. The first-order valence-corrected chi connectivity index (χ1v) is 6.74. The van der Waals surface area contributed by atoms with Crippen LogP contribution in [-0.2, 0) is 4.79 Å². The Morgan fingerprint density at radius 3 is 2.90 bits per heavy atom. The minimum atomic E-state index is -0.208. The highest BCUT2D eigenvalue weighted by Crippen LogP contribution is 2.39. The fourth-order valence-corrected chi connectivity index (χ4v) is 3.11. The van der Waals surface area contributed by atoms with Crippen molar-refractivity contribution in [3.8, 4) is 0 Å². The first-order chi connectivity index (χ1) is 9.84. The Labute approximate surface area is 115 Å². The Balaban J connectivity index is 1.91. The van der Waals surface area contributed by atoms with Crippen molar-refractivity contribution >= 4 is 17.4 Å². The predicted molar refractivity (Wildman–Crippen MR) is 71.8 cm³/mol. The molecule has 0 bridgehead atoms. The molecule has 2 aliphatic rings. The molecule has 2 atom stereocenters. The lowest BCUT2D eigenvalue weighted by molar-refractivity contribution is -0.122. The summed E-state index contributed by atoms with van der Waals surface area (Å²) in [4.78, 5) is 25.1. The summed E-state index contributed by atoms with van der Waals surface area (Å²) in [6.07, 6.45) is 7.34. The van der Waals surface area contributed by atoms with Gasteiger partial charge in [-0.15, -0.1) is 0 Å². The summed E-state index contributed by atoms with van der Waals surface area (Å²) in [6.45, 7) is 0. The lowest BCUT2D eigenvalue weighted by Gasteiger charge is -2.33. The number of carbonyl (C=O) groups excluding carboxylic acids is 1. The lowest BCUT2D eigenvalue weighted by atomic mass is 9.78. The fraction of sp³-hybridized carbons (Fsp3) is 0.357. The van der Waals surface area contributed by atoms with E-state index in [0.29, 0.717) is 12.4 Å². The fourth-order valence-electron chi connectivity index (χ4n) is 3.11. The second kappa shape index (κ2) is 4.33. The van der Waals surface area contributed by atoms with Gasteiger partial charge < -0.3 is 0 Å². The highest BCUT2D eigenvalue weighted by atomic mass is 16.1. The molecule has 2 unspecified atom stereocenters. The van der Waals surface area contributed by atoms with Crippen LogP contribution in [0, 0.1) is 5.92 Å². The molecular formula is C14H13N5O. The van der Waals surface area contributed by atoms with Gasteiger partial charge >= 0.3 is 0 Å². The lowest BCUT2D eigenvalue weighted by Crippen LogP contribution is -2.39. The monoisotopic (exact) mass is 267 g/mol. The van der Waals surface area contributed by atoms with Gasteiger partial charge in [0, 0.05) is 24.5 Å². The normalized spacial score (nSPS) is 24.8. The van der Waals surface area contributed by atoms with Gasteiger partial charge in [0.05, 0.1) is 12.0 Å². The Morgan fingerprint density at radius 1 is 1.20 bits per heavy atom. The second-order valence-corrected chi connectivity index (χ2v) is 5.13. The molecule has 1 saturated carbocycles. The highest BCUT2D eigenvalue weighted by molar-refractivity contribution is 6.09. The average Bonchev–Trinajstić information content (AvgIpc) is 2.94. The molecule has 0 N–H and O–H groups in total. The number of pyridine rings is 1. The zero-order valence-electron chi connectivity index (χ0n) is 10.8. The molecule has 0 amide bonds. The molecule has 4 rings (SSSR count). The largest absolute Gasteiger partial charge is 0.299 e. The van der Waals surface area contributed by atoms with Crippen molar-refractivity contribution in [3.63, 3.8) is 0 Å².